The number of carboxylic acid groups (broad SMARTS) is 1. The van der Waals surface area contributed by atoms with Crippen molar-refractivity contribution in [3.63, 3.8) is 0 Å². The summed E-state index contributed by atoms with van der Waals surface area (Å²) in [6, 6.07) is 6.32. The number of aliphatic carboxylic acids is 1. The third-order valence-electron chi connectivity index (χ3n) is 2.26. The van der Waals surface area contributed by atoms with Crippen LogP contribution in [0.25, 0.3) is 0 Å². The molecule has 1 heterocycles. The van der Waals surface area contributed by atoms with Gasteiger partial charge in [0.15, 0.2) is 5.13 Å². The van der Waals surface area contributed by atoms with Gasteiger partial charge >= 0.3 is 5.97 Å². The Labute approximate surface area is 107 Å². The monoisotopic (exact) mass is 266 g/mol. The summed E-state index contributed by atoms with van der Waals surface area (Å²) in [5, 5.41) is 13.8. The van der Waals surface area contributed by atoms with E-state index in [0.717, 1.165) is 0 Å². The lowest BCUT2D eigenvalue weighted by molar-refractivity contribution is -0.136. The van der Waals surface area contributed by atoms with Crippen LogP contribution in [0.1, 0.15) is 12.1 Å². The molecule has 94 valence electrons. The van der Waals surface area contributed by atoms with E-state index in [2.05, 4.69) is 10.3 Å². The van der Waals surface area contributed by atoms with Crippen molar-refractivity contribution in [1.82, 2.24) is 4.98 Å². The number of hydrogen-bond acceptors (Lipinski definition) is 4. The topological polar surface area (TPSA) is 62.2 Å². The minimum absolute atomic E-state index is 0.0445. The quantitative estimate of drug-likeness (QED) is 0.873. The summed E-state index contributed by atoms with van der Waals surface area (Å²) in [7, 11) is 0. The molecule has 0 amide bonds. The summed E-state index contributed by atoms with van der Waals surface area (Å²) in [6.45, 7) is 0. The molecule has 0 aliphatic carbocycles. The first-order chi connectivity index (χ1) is 8.65. The molecule has 0 unspecified atom stereocenters. The van der Waals surface area contributed by atoms with Gasteiger partial charge in [-0.05, 0) is 12.1 Å². The molecule has 1 aromatic heterocycles. The van der Waals surface area contributed by atoms with E-state index in [4.69, 9.17) is 5.11 Å². The van der Waals surface area contributed by atoms with E-state index >= 15 is 0 Å². The van der Waals surface area contributed by atoms with Crippen LogP contribution in [-0.4, -0.2) is 16.1 Å². The van der Waals surface area contributed by atoms with Crippen molar-refractivity contribution in [3.8, 4) is 0 Å². The van der Waals surface area contributed by atoms with Crippen molar-refractivity contribution < 1.29 is 14.3 Å². The lowest BCUT2D eigenvalue weighted by Crippen LogP contribution is -1.98. The Morgan fingerprint density at radius 1 is 1.44 bits per heavy atom. The molecule has 0 fully saturated rings. The molecule has 6 heteroatoms. The second-order valence-corrected chi connectivity index (χ2v) is 4.50. The number of halogens is 1. The van der Waals surface area contributed by atoms with Crippen molar-refractivity contribution >= 4 is 28.1 Å². The third-order valence-corrected chi connectivity index (χ3v) is 3.07. The molecule has 18 heavy (non-hydrogen) atoms. The lowest BCUT2D eigenvalue weighted by atomic mass is 10.2. The number of hydrogen-bond donors (Lipinski definition) is 2. The number of anilines is 2. The number of benzene rings is 1. The predicted molar refractivity (Wildman–Crippen MR) is 67.8 cm³/mol. The standard InChI is InChI=1S/C12H11FN2O2S/c13-9-3-1-2-4-10(9)15-12-14-8(7-18-12)5-6-11(16)17/h1-4,7H,5-6H2,(H,14,15)(H,16,17). The molecule has 2 rings (SSSR count). The maximum Gasteiger partial charge on any atom is 0.303 e. The first kappa shape index (κ1) is 12.5. The maximum atomic E-state index is 13.4. The highest BCUT2D eigenvalue weighted by atomic mass is 32.1. The average molecular weight is 266 g/mol. The van der Waals surface area contributed by atoms with Gasteiger partial charge in [0.1, 0.15) is 5.82 Å². The van der Waals surface area contributed by atoms with Gasteiger partial charge in [0.25, 0.3) is 0 Å². The smallest absolute Gasteiger partial charge is 0.303 e. The van der Waals surface area contributed by atoms with Crippen LogP contribution in [0.4, 0.5) is 15.2 Å². The first-order valence-electron chi connectivity index (χ1n) is 5.33. The van der Waals surface area contributed by atoms with Gasteiger partial charge in [-0.15, -0.1) is 11.3 Å². The van der Waals surface area contributed by atoms with Crippen molar-refractivity contribution in [3.05, 3.63) is 41.2 Å². The molecule has 0 radical (unpaired) electrons. The Hall–Kier alpha value is -1.95. The fourth-order valence-corrected chi connectivity index (χ4v) is 2.15. The van der Waals surface area contributed by atoms with Crippen LogP contribution < -0.4 is 5.32 Å². The Balaban J connectivity index is 2.02. The molecule has 0 aliphatic heterocycles. The van der Waals surface area contributed by atoms with Crippen LogP contribution in [-0.2, 0) is 11.2 Å². The predicted octanol–water partition coefficient (Wildman–Crippen LogP) is 3.04. The Bertz CT molecular complexity index is 557. The fourth-order valence-electron chi connectivity index (χ4n) is 1.39. The number of para-hydroxylation sites is 1. The molecule has 0 saturated heterocycles. The van der Waals surface area contributed by atoms with Gasteiger partial charge in [-0.25, -0.2) is 9.37 Å². The van der Waals surface area contributed by atoms with E-state index in [1.807, 2.05) is 0 Å². The molecule has 2 N–H and O–H groups in total. The number of carboxylic acids is 1. The van der Waals surface area contributed by atoms with Crippen molar-refractivity contribution in [2.75, 3.05) is 5.32 Å². The molecule has 0 spiro atoms. The number of aromatic nitrogens is 1. The summed E-state index contributed by atoms with van der Waals surface area (Å²) in [6.07, 6.45) is 0.424. The van der Waals surface area contributed by atoms with Crippen LogP contribution in [0.15, 0.2) is 29.6 Å². The van der Waals surface area contributed by atoms with Crippen LogP contribution in [0.2, 0.25) is 0 Å². The molecule has 1 aromatic carbocycles. The SMILES string of the molecule is O=C(O)CCc1csc(Nc2ccccc2F)n1. The molecule has 2 aromatic rings. The second kappa shape index (κ2) is 5.59. The van der Waals surface area contributed by atoms with E-state index in [1.54, 1.807) is 23.6 Å². The zero-order valence-corrected chi connectivity index (χ0v) is 10.2. The number of rotatable bonds is 5. The van der Waals surface area contributed by atoms with Gasteiger partial charge in [-0.3, -0.25) is 4.79 Å². The van der Waals surface area contributed by atoms with Gasteiger partial charge < -0.3 is 10.4 Å². The van der Waals surface area contributed by atoms with Crippen LogP contribution in [0.5, 0.6) is 0 Å². The molecule has 0 atom stereocenters. The van der Waals surface area contributed by atoms with Crippen LogP contribution in [0.3, 0.4) is 0 Å². The maximum absolute atomic E-state index is 13.4. The summed E-state index contributed by atoms with van der Waals surface area (Å²) in [4.78, 5) is 14.6. The Morgan fingerprint density at radius 2 is 2.22 bits per heavy atom. The van der Waals surface area contributed by atoms with E-state index in [9.17, 15) is 9.18 Å². The number of aryl methyl sites for hydroxylation is 1. The second-order valence-electron chi connectivity index (χ2n) is 3.64. The molecular formula is C12H11FN2O2S. The van der Waals surface area contributed by atoms with E-state index in [1.165, 1.54) is 17.4 Å². The van der Waals surface area contributed by atoms with Crippen LogP contribution in [0, 0.1) is 5.82 Å². The van der Waals surface area contributed by atoms with E-state index < -0.39 is 5.97 Å². The van der Waals surface area contributed by atoms with Crippen molar-refractivity contribution in [2.45, 2.75) is 12.8 Å². The number of nitrogens with zero attached hydrogens (tertiary/aromatic N) is 1. The van der Waals surface area contributed by atoms with Gasteiger partial charge in [0, 0.05) is 11.8 Å². The summed E-state index contributed by atoms with van der Waals surface area (Å²) >= 11 is 1.32. The highest BCUT2D eigenvalue weighted by molar-refractivity contribution is 7.13. The van der Waals surface area contributed by atoms with Gasteiger partial charge in [0.2, 0.25) is 0 Å². The zero-order chi connectivity index (χ0) is 13.0. The molecule has 0 bridgehead atoms. The molecular weight excluding hydrogens is 255 g/mol. The minimum atomic E-state index is -0.855. The zero-order valence-electron chi connectivity index (χ0n) is 9.39. The molecule has 0 aliphatic rings. The Morgan fingerprint density at radius 3 is 2.94 bits per heavy atom. The lowest BCUT2D eigenvalue weighted by Gasteiger charge is -2.02. The largest absolute Gasteiger partial charge is 0.481 e. The molecule has 0 saturated carbocycles. The van der Waals surface area contributed by atoms with E-state index in [0.29, 0.717) is 22.9 Å². The number of thiazole rings is 1. The van der Waals surface area contributed by atoms with Crippen LogP contribution >= 0.6 is 11.3 Å². The minimum Gasteiger partial charge on any atom is -0.481 e. The van der Waals surface area contributed by atoms with E-state index in [-0.39, 0.29) is 12.2 Å². The fraction of sp³-hybridized carbons (Fsp3) is 0.167. The third kappa shape index (κ3) is 3.27. The summed E-state index contributed by atoms with van der Waals surface area (Å²) in [5.41, 5.74) is 1.05. The molecule has 4 nitrogen and oxygen atoms in total. The van der Waals surface area contributed by atoms with Gasteiger partial charge in [-0.2, -0.15) is 0 Å². The highest BCUT2D eigenvalue weighted by Gasteiger charge is 2.06. The summed E-state index contributed by atoms with van der Waals surface area (Å²) in [5.74, 6) is -1.20. The average Bonchev–Trinajstić information content (AvgIpc) is 2.77. The van der Waals surface area contributed by atoms with Crippen molar-refractivity contribution in [1.29, 1.82) is 0 Å². The summed E-state index contributed by atoms with van der Waals surface area (Å²) < 4.78 is 13.4. The van der Waals surface area contributed by atoms with Gasteiger partial charge in [-0.1, -0.05) is 12.1 Å². The van der Waals surface area contributed by atoms with Gasteiger partial charge in [0.05, 0.1) is 17.8 Å². The highest BCUT2D eigenvalue weighted by Crippen LogP contribution is 2.23. The Kier molecular flexibility index (Phi) is 3.88. The first-order valence-corrected chi connectivity index (χ1v) is 6.21. The number of nitrogens with one attached hydrogen (secondary N) is 1. The normalized spacial score (nSPS) is 10.3. The van der Waals surface area contributed by atoms with Crippen molar-refractivity contribution in [2.24, 2.45) is 0 Å². The number of carbonyl (C=O) groups is 1.